The molecule has 1 saturated carbocycles. The number of hydrogen-bond donors (Lipinski definition) is 1. The predicted molar refractivity (Wildman–Crippen MR) is 90.1 cm³/mol. The minimum Gasteiger partial charge on any atom is -0.354 e. The van der Waals surface area contributed by atoms with Gasteiger partial charge in [0.25, 0.3) is 5.91 Å². The molecular weight excluding hydrogens is 320 g/mol. The van der Waals surface area contributed by atoms with Crippen LogP contribution < -0.4 is 5.32 Å². The summed E-state index contributed by atoms with van der Waals surface area (Å²) in [6.45, 7) is 3.98. The third-order valence-electron chi connectivity index (χ3n) is 5.18. The third kappa shape index (κ3) is 3.30. The molecular formula is C17H24N6O2. The van der Waals surface area contributed by atoms with E-state index in [1.165, 1.54) is 12.8 Å². The second kappa shape index (κ2) is 6.59. The average Bonchev–Trinajstić information content (AvgIpc) is 3.18. The average molecular weight is 344 g/mol. The maximum absolute atomic E-state index is 11.7. The van der Waals surface area contributed by atoms with Gasteiger partial charge in [-0.2, -0.15) is 10.1 Å². The highest BCUT2D eigenvalue weighted by molar-refractivity contribution is 5.91. The molecule has 0 unspecified atom stereocenters. The maximum atomic E-state index is 11.7. The van der Waals surface area contributed by atoms with Crippen LogP contribution in [0, 0.1) is 0 Å². The Morgan fingerprint density at radius 1 is 1.40 bits per heavy atom. The van der Waals surface area contributed by atoms with Crippen LogP contribution in [0.4, 0.5) is 0 Å². The van der Waals surface area contributed by atoms with Crippen LogP contribution in [-0.4, -0.2) is 50.9 Å². The highest BCUT2D eigenvalue weighted by Gasteiger charge is 2.32. The first-order valence-corrected chi connectivity index (χ1v) is 9.00. The molecule has 0 bridgehead atoms. The van der Waals surface area contributed by atoms with E-state index in [0.717, 1.165) is 31.8 Å². The Morgan fingerprint density at radius 2 is 2.24 bits per heavy atom. The summed E-state index contributed by atoms with van der Waals surface area (Å²) in [6, 6.07) is 2.11. The van der Waals surface area contributed by atoms with Crippen LogP contribution in [0.5, 0.6) is 0 Å². The van der Waals surface area contributed by atoms with E-state index in [1.54, 1.807) is 13.1 Å². The minimum atomic E-state index is -0.154. The summed E-state index contributed by atoms with van der Waals surface area (Å²) >= 11 is 0. The van der Waals surface area contributed by atoms with Gasteiger partial charge in [-0.3, -0.25) is 14.4 Å². The molecule has 1 saturated heterocycles. The van der Waals surface area contributed by atoms with E-state index in [-0.39, 0.29) is 18.0 Å². The van der Waals surface area contributed by atoms with Crippen molar-refractivity contribution in [2.24, 2.45) is 0 Å². The Balaban J connectivity index is 1.44. The third-order valence-corrected chi connectivity index (χ3v) is 5.18. The van der Waals surface area contributed by atoms with Crippen LogP contribution in [0.3, 0.4) is 0 Å². The quantitative estimate of drug-likeness (QED) is 0.891. The van der Waals surface area contributed by atoms with Crippen LogP contribution in [-0.2, 0) is 0 Å². The zero-order valence-electron chi connectivity index (χ0n) is 14.7. The Labute approximate surface area is 146 Å². The number of aromatic nitrogens is 4. The normalized spacial score (nSPS) is 22.7. The van der Waals surface area contributed by atoms with E-state index < -0.39 is 0 Å². The van der Waals surface area contributed by atoms with Crippen LogP contribution >= 0.6 is 0 Å². The molecule has 8 nitrogen and oxygen atoms in total. The summed E-state index contributed by atoms with van der Waals surface area (Å²) in [4.78, 5) is 18.7. The molecule has 134 valence electrons. The summed E-state index contributed by atoms with van der Waals surface area (Å²) < 4.78 is 7.40. The molecule has 1 aliphatic carbocycles. The molecule has 1 aliphatic heterocycles. The first-order valence-electron chi connectivity index (χ1n) is 9.00. The van der Waals surface area contributed by atoms with Gasteiger partial charge in [0.1, 0.15) is 5.69 Å². The van der Waals surface area contributed by atoms with Crippen molar-refractivity contribution < 1.29 is 9.32 Å². The predicted octanol–water partition coefficient (Wildman–Crippen LogP) is 1.90. The topological polar surface area (TPSA) is 89.1 Å². The summed E-state index contributed by atoms with van der Waals surface area (Å²) in [5.41, 5.74) is 0.457. The van der Waals surface area contributed by atoms with Crippen LogP contribution in [0.2, 0.25) is 0 Å². The molecule has 1 N–H and O–H groups in total. The number of nitrogens with zero attached hydrogens (tertiary/aromatic N) is 5. The number of rotatable bonds is 5. The molecule has 1 amide bonds. The number of nitrogens with one attached hydrogen (secondary N) is 1. The molecule has 0 spiro atoms. The molecule has 2 fully saturated rings. The van der Waals surface area contributed by atoms with Crippen LogP contribution in [0.25, 0.3) is 0 Å². The smallest absolute Gasteiger partial charge is 0.271 e. The summed E-state index contributed by atoms with van der Waals surface area (Å²) in [7, 11) is 1.62. The van der Waals surface area contributed by atoms with E-state index in [0.29, 0.717) is 17.5 Å². The van der Waals surface area contributed by atoms with Crippen molar-refractivity contribution in [2.75, 3.05) is 20.1 Å². The van der Waals surface area contributed by atoms with Gasteiger partial charge in [0, 0.05) is 25.7 Å². The molecule has 3 heterocycles. The molecule has 0 aromatic carbocycles. The first kappa shape index (κ1) is 16.3. The van der Waals surface area contributed by atoms with Crippen molar-refractivity contribution in [1.29, 1.82) is 0 Å². The first-order chi connectivity index (χ1) is 12.2. The van der Waals surface area contributed by atoms with Gasteiger partial charge in [0.15, 0.2) is 5.82 Å². The largest absolute Gasteiger partial charge is 0.354 e. The number of amides is 1. The molecule has 8 heteroatoms. The summed E-state index contributed by atoms with van der Waals surface area (Å²) in [6.07, 6.45) is 6.36. The van der Waals surface area contributed by atoms with Crippen molar-refractivity contribution in [3.8, 4) is 0 Å². The van der Waals surface area contributed by atoms with Gasteiger partial charge in [-0.05, 0) is 45.2 Å². The Bertz CT molecular complexity index is 750. The molecule has 2 aliphatic rings. The Morgan fingerprint density at radius 3 is 3.00 bits per heavy atom. The lowest BCUT2D eigenvalue weighted by Gasteiger charge is -2.35. The van der Waals surface area contributed by atoms with Gasteiger partial charge in [0.2, 0.25) is 5.89 Å². The van der Waals surface area contributed by atoms with Crippen molar-refractivity contribution in [1.82, 2.24) is 30.1 Å². The fourth-order valence-electron chi connectivity index (χ4n) is 3.42. The molecule has 2 aromatic heterocycles. The minimum absolute atomic E-state index is 0.0942. The van der Waals surface area contributed by atoms with Crippen LogP contribution in [0.15, 0.2) is 16.8 Å². The van der Waals surface area contributed by atoms with Gasteiger partial charge >= 0.3 is 0 Å². The lowest BCUT2D eigenvalue weighted by Crippen LogP contribution is -2.38. The second-order valence-electron chi connectivity index (χ2n) is 6.99. The van der Waals surface area contributed by atoms with Crippen molar-refractivity contribution in [3.63, 3.8) is 0 Å². The fraction of sp³-hybridized carbons (Fsp3) is 0.647. The fourth-order valence-corrected chi connectivity index (χ4v) is 3.42. The molecule has 2 aromatic rings. The SMILES string of the molecule is CNC(=O)c1ccn([C@H]2CCCN([C@@H](C)c3nc(C4CC4)no3)C2)n1. The second-order valence-corrected chi connectivity index (χ2v) is 6.99. The zero-order valence-corrected chi connectivity index (χ0v) is 14.7. The maximum Gasteiger partial charge on any atom is 0.271 e. The lowest BCUT2D eigenvalue weighted by atomic mass is 10.0. The van der Waals surface area contributed by atoms with E-state index in [9.17, 15) is 4.79 Å². The number of carbonyl (C=O) groups excluding carboxylic acids is 1. The number of piperidine rings is 1. The highest BCUT2D eigenvalue weighted by atomic mass is 16.5. The Hall–Kier alpha value is -2.22. The van der Waals surface area contributed by atoms with Crippen molar-refractivity contribution in [3.05, 3.63) is 29.7 Å². The summed E-state index contributed by atoms with van der Waals surface area (Å²) in [5.74, 6) is 1.91. The van der Waals surface area contributed by atoms with Gasteiger partial charge < -0.3 is 9.84 Å². The van der Waals surface area contributed by atoms with Crippen molar-refractivity contribution >= 4 is 5.91 Å². The molecule has 0 radical (unpaired) electrons. The molecule has 25 heavy (non-hydrogen) atoms. The van der Waals surface area contributed by atoms with E-state index >= 15 is 0 Å². The number of carbonyl (C=O) groups is 1. The number of likely N-dealkylation sites (tertiary alicyclic amines) is 1. The monoisotopic (exact) mass is 344 g/mol. The lowest BCUT2D eigenvalue weighted by molar-refractivity contribution is 0.0951. The van der Waals surface area contributed by atoms with E-state index in [1.807, 2.05) is 10.9 Å². The summed E-state index contributed by atoms with van der Waals surface area (Å²) in [5, 5.41) is 11.2. The van der Waals surface area contributed by atoms with Crippen LogP contribution in [0.1, 0.15) is 72.8 Å². The number of hydrogen-bond acceptors (Lipinski definition) is 6. The van der Waals surface area contributed by atoms with Gasteiger partial charge in [-0.15, -0.1) is 0 Å². The van der Waals surface area contributed by atoms with Gasteiger partial charge in [-0.1, -0.05) is 5.16 Å². The van der Waals surface area contributed by atoms with Crippen molar-refractivity contribution in [2.45, 2.75) is 50.6 Å². The molecule has 2 atom stereocenters. The van der Waals surface area contributed by atoms with Gasteiger partial charge in [-0.25, -0.2) is 0 Å². The zero-order chi connectivity index (χ0) is 17.4. The van der Waals surface area contributed by atoms with Gasteiger partial charge in [0.05, 0.1) is 12.1 Å². The standard InChI is InChI=1S/C17H24N6O2/c1-11(17-19-15(21-25-17)12-5-6-12)22-8-3-4-13(10-22)23-9-7-14(20-23)16(24)18-2/h7,9,11-13H,3-6,8,10H2,1-2H3,(H,18,24)/t11-,13-/m0/s1. The van der Waals surface area contributed by atoms with E-state index in [2.05, 4.69) is 32.4 Å². The Kier molecular flexibility index (Phi) is 4.29. The highest BCUT2D eigenvalue weighted by Crippen LogP contribution is 2.39. The molecule has 4 rings (SSSR count). The van der Waals surface area contributed by atoms with E-state index in [4.69, 9.17) is 4.52 Å².